The average molecular weight is 290 g/mol. The Bertz CT molecular complexity index is 660. The summed E-state index contributed by atoms with van der Waals surface area (Å²) in [6.07, 6.45) is 0.822. The molecule has 0 bridgehead atoms. The predicted octanol–water partition coefficient (Wildman–Crippen LogP) is 1.38. The van der Waals surface area contributed by atoms with Crippen LogP contribution in [-0.4, -0.2) is 29.2 Å². The highest BCUT2D eigenvalue weighted by Crippen LogP contribution is 2.25. The van der Waals surface area contributed by atoms with Crippen molar-refractivity contribution < 1.29 is 9.53 Å². The number of primary amides is 1. The molecule has 0 aliphatic heterocycles. The smallest absolute Gasteiger partial charge is 0.404 e. The molecule has 0 fully saturated rings. The van der Waals surface area contributed by atoms with Gasteiger partial charge in [-0.15, -0.1) is 0 Å². The fourth-order valence-corrected chi connectivity index (χ4v) is 2.00. The molecule has 0 spiro atoms. The van der Waals surface area contributed by atoms with E-state index in [1.165, 1.54) is 0 Å². The fraction of sp³-hybridized carbons (Fsp3) is 0.154. The van der Waals surface area contributed by atoms with Gasteiger partial charge in [0.2, 0.25) is 0 Å². The van der Waals surface area contributed by atoms with Crippen molar-refractivity contribution in [1.29, 1.82) is 0 Å². The molecular formula is C13H14N4O2S. The first-order chi connectivity index (χ1) is 9.59. The van der Waals surface area contributed by atoms with E-state index in [1.807, 2.05) is 24.3 Å². The highest BCUT2D eigenvalue weighted by Gasteiger charge is 2.10. The number of benzene rings is 1. The van der Waals surface area contributed by atoms with Crippen molar-refractivity contribution in [3.8, 4) is 0 Å². The summed E-state index contributed by atoms with van der Waals surface area (Å²) in [7, 11) is 0. The zero-order chi connectivity index (χ0) is 14.5. The predicted molar refractivity (Wildman–Crippen MR) is 81.7 cm³/mol. The summed E-state index contributed by atoms with van der Waals surface area (Å²) in [4.78, 5) is 15.1. The molecule has 1 aromatic heterocycles. The Kier molecular flexibility index (Phi) is 4.31. The van der Waals surface area contributed by atoms with Crippen LogP contribution in [0.4, 0.5) is 10.5 Å². The largest absolute Gasteiger partial charge is 0.448 e. The summed E-state index contributed by atoms with van der Waals surface area (Å²) in [6.45, 7) is 0.551. The number of pyridine rings is 1. The van der Waals surface area contributed by atoms with E-state index in [2.05, 4.69) is 15.0 Å². The standard InChI is InChI=1S/C13H14N4O2S/c14-12(20)9-7-17-10-4-2-1-3-8(10)11(9)16-5-6-19-13(15)18/h1-4,7H,5-6H2,(H2,14,20)(H2,15,18)(H,16,17). The maximum atomic E-state index is 10.5. The average Bonchev–Trinajstić information content (AvgIpc) is 2.42. The molecule has 5 N–H and O–H groups in total. The van der Waals surface area contributed by atoms with Crippen molar-refractivity contribution in [2.45, 2.75) is 0 Å². The van der Waals surface area contributed by atoms with Crippen molar-refractivity contribution in [3.05, 3.63) is 36.0 Å². The van der Waals surface area contributed by atoms with Crippen LogP contribution < -0.4 is 16.8 Å². The zero-order valence-electron chi connectivity index (χ0n) is 10.6. The van der Waals surface area contributed by atoms with Gasteiger partial charge in [0.1, 0.15) is 11.6 Å². The number of rotatable bonds is 5. The first kappa shape index (κ1) is 14.0. The van der Waals surface area contributed by atoms with Gasteiger partial charge in [-0.2, -0.15) is 0 Å². The third-order valence-electron chi connectivity index (χ3n) is 2.69. The first-order valence-electron chi connectivity index (χ1n) is 5.93. The Morgan fingerprint density at radius 3 is 2.80 bits per heavy atom. The molecule has 1 heterocycles. The van der Waals surface area contributed by atoms with Crippen LogP contribution in [-0.2, 0) is 4.74 Å². The minimum Gasteiger partial charge on any atom is -0.448 e. The number of nitrogens with one attached hydrogen (secondary N) is 1. The van der Waals surface area contributed by atoms with E-state index < -0.39 is 6.09 Å². The topological polar surface area (TPSA) is 103 Å². The van der Waals surface area contributed by atoms with Crippen molar-refractivity contribution in [2.75, 3.05) is 18.5 Å². The Morgan fingerprint density at radius 1 is 1.35 bits per heavy atom. The lowest BCUT2D eigenvalue weighted by atomic mass is 10.1. The molecule has 1 amide bonds. The third-order valence-corrected chi connectivity index (χ3v) is 2.91. The molecule has 20 heavy (non-hydrogen) atoms. The third kappa shape index (κ3) is 3.12. The van der Waals surface area contributed by atoms with E-state index in [-0.39, 0.29) is 11.6 Å². The number of thiocarbonyl (C=S) groups is 1. The van der Waals surface area contributed by atoms with Gasteiger partial charge in [-0.25, -0.2) is 4.79 Å². The quantitative estimate of drug-likeness (QED) is 0.568. The highest BCUT2D eigenvalue weighted by molar-refractivity contribution is 7.80. The number of para-hydroxylation sites is 1. The summed E-state index contributed by atoms with van der Waals surface area (Å²) in [6, 6.07) is 7.61. The first-order valence-corrected chi connectivity index (χ1v) is 6.34. The summed E-state index contributed by atoms with van der Waals surface area (Å²) in [5, 5.41) is 4.05. The number of aromatic nitrogens is 1. The van der Waals surface area contributed by atoms with Crippen molar-refractivity contribution in [2.24, 2.45) is 11.5 Å². The van der Waals surface area contributed by atoms with Crippen LogP contribution in [0.15, 0.2) is 30.5 Å². The molecule has 104 valence electrons. The van der Waals surface area contributed by atoms with Crippen molar-refractivity contribution in [3.63, 3.8) is 0 Å². The van der Waals surface area contributed by atoms with Gasteiger partial charge in [-0.1, -0.05) is 30.4 Å². The van der Waals surface area contributed by atoms with E-state index in [0.717, 1.165) is 16.6 Å². The highest BCUT2D eigenvalue weighted by atomic mass is 32.1. The Morgan fingerprint density at radius 2 is 2.10 bits per heavy atom. The number of nitrogens with zero attached hydrogens (tertiary/aromatic N) is 1. The molecule has 1 aromatic carbocycles. The van der Waals surface area contributed by atoms with Gasteiger partial charge in [0.15, 0.2) is 0 Å². The zero-order valence-corrected chi connectivity index (χ0v) is 11.4. The number of carbonyl (C=O) groups is 1. The van der Waals surface area contributed by atoms with Crippen molar-refractivity contribution in [1.82, 2.24) is 4.98 Å². The van der Waals surface area contributed by atoms with E-state index >= 15 is 0 Å². The van der Waals surface area contributed by atoms with Crippen molar-refractivity contribution >= 4 is 39.9 Å². The molecule has 2 aromatic rings. The molecule has 7 heteroatoms. The van der Waals surface area contributed by atoms with Crippen LogP contribution in [0.2, 0.25) is 0 Å². The van der Waals surface area contributed by atoms with E-state index in [1.54, 1.807) is 6.20 Å². The summed E-state index contributed by atoms with van der Waals surface area (Å²) < 4.78 is 4.67. The normalized spacial score (nSPS) is 10.2. The molecule has 0 aliphatic rings. The molecule has 0 atom stereocenters. The molecule has 2 rings (SSSR count). The summed E-state index contributed by atoms with van der Waals surface area (Å²) in [5.41, 5.74) is 12.9. The fourth-order valence-electron chi connectivity index (χ4n) is 1.85. The number of fused-ring (bicyclic) bond motifs is 1. The number of hydrogen-bond acceptors (Lipinski definition) is 5. The van der Waals surface area contributed by atoms with Crippen LogP contribution in [0.3, 0.4) is 0 Å². The van der Waals surface area contributed by atoms with Gasteiger partial charge in [0.05, 0.1) is 16.8 Å². The second-order valence-electron chi connectivity index (χ2n) is 4.02. The maximum Gasteiger partial charge on any atom is 0.404 e. The summed E-state index contributed by atoms with van der Waals surface area (Å²) >= 11 is 5.03. The van der Waals surface area contributed by atoms with Crippen LogP contribution in [0, 0.1) is 0 Å². The van der Waals surface area contributed by atoms with Gasteiger partial charge >= 0.3 is 6.09 Å². The monoisotopic (exact) mass is 290 g/mol. The molecule has 0 saturated heterocycles. The molecule has 6 nitrogen and oxygen atoms in total. The molecular weight excluding hydrogens is 276 g/mol. The number of hydrogen-bond donors (Lipinski definition) is 3. The lowest BCUT2D eigenvalue weighted by Crippen LogP contribution is -2.20. The minimum absolute atomic E-state index is 0.156. The van der Waals surface area contributed by atoms with Crippen LogP contribution >= 0.6 is 12.2 Å². The molecule has 0 saturated carbocycles. The van der Waals surface area contributed by atoms with Crippen LogP contribution in [0.5, 0.6) is 0 Å². The SMILES string of the molecule is NC(=O)OCCNc1c(C(N)=S)cnc2ccccc12. The Labute approximate surface area is 121 Å². The molecule has 0 unspecified atom stereocenters. The van der Waals surface area contributed by atoms with Gasteiger partial charge < -0.3 is 21.5 Å². The van der Waals surface area contributed by atoms with Gasteiger partial charge in [-0.05, 0) is 6.07 Å². The van der Waals surface area contributed by atoms with E-state index in [0.29, 0.717) is 12.1 Å². The van der Waals surface area contributed by atoms with Gasteiger partial charge in [0.25, 0.3) is 0 Å². The second-order valence-corrected chi connectivity index (χ2v) is 4.46. The van der Waals surface area contributed by atoms with E-state index in [4.69, 9.17) is 23.7 Å². The lowest BCUT2D eigenvalue weighted by Gasteiger charge is -2.13. The Balaban J connectivity index is 2.30. The molecule has 0 aliphatic carbocycles. The Hall–Kier alpha value is -2.41. The maximum absolute atomic E-state index is 10.5. The van der Waals surface area contributed by atoms with Gasteiger partial charge in [0, 0.05) is 18.1 Å². The van der Waals surface area contributed by atoms with E-state index in [9.17, 15) is 4.79 Å². The van der Waals surface area contributed by atoms with Crippen LogP contribution in [0.1, 0.15) is 5.56 Å². The lowest BCUT2D eigenvalue weighted by molar-refractivity contribution is 0.161. The number of ether oxygens (including phenoxy) is 1. The second kappa shape index (κ2) is 6.16. The molecule has 0 radical (unpaired) electrons. The minimum atomic E-state index is -0.805. The summed E-state index contributed by atoms with van der Waals surface area (Å²) in [5.74, 6) is 0. The number of nitrogens with two attached hydrogens (primary N) is 2. The van der Waals surface area contributed by atoms with Crippen LogP contribution in [0.25, 0.3) is 10.9 Å². The number of anilines is 1. The number of amides is 1. The number of carbonyl (C=O) groups excluding carboxylic acids is 1. The van der Waals surface area contributed by atoms with Gasteiger partial charge in [-0.3, -0.25) is 4.98 Å².